The molecular weight excluding hydrogens is 348 g/mol. The molecule has 0 unspecified atom stereocenters. The smallest absolute Gasteiger partial charge is 0.794 e. The van der Waals surface area contributed by atoms with E-state index in [1.807, 2.05) is 0 Å². The summed E-state index contributed by atoms with van der Waals surface area (Å²) in [6.45, 7) is 2.17. The molecular formula is C7H12NS4Sb. The Balaban J connectivity index is 0. The summed E-state index contributed by atoms with van der Waals surface area (Å²) in [5.41, 5.74) is 0. The maximum atomic E-state index is 4.80. The average Bonchev–Trinajstić information content (AvgIpc) is 2.57. The van der Waals surface area contributed by atoms with Crippen LogP contribution in [-0.4, -0.2) is 58.2 Å². The third kappa shape index (κ3) is 9.92. The van der Waals surface area contributed by atoms with Crippen LogP contribution in [0.5, 0.6) is 0 Å². The second-order valence-electron chi connectivity index (χ2n) is 2.37. The first kappa shape index (κ1) is 17.0. The molecule has 1 fully saturated rings. The Bertz CT molecular complexity index is 126. The zero-order chi connectivity index (χ0) is 9.40. The molecule has 0 aliphatic carbocycles. The zero-order valence-corrected chi connectivity index (χ0v) is 13.1. The van der Waals surface area contributed by atoms with Gasteiger partial charge in [0.05, 0.1) is 0 Å². The fraction of sp³-hybridized carbons (Fsp3) is 0.857. The van der Waals surface area contributed by atoms with Gasteiger partial charge in [-0.2, -0.15) is 11.5 Å². The van der Waals surface area contributed by atoms with Crippen LogP contribution in [0.2, 0.25) is 0 Å². The van der Waals surface area contributed by atoms with Crippen LogP contribution < -0.4 is 0 Å². The Morgan fingerprint density at radius 2 is 1.54 bits per heavy atom. The Morgan fingerprint density at radius 1 is 1.15 bits per heavy atom. The molecule has 1 saturated heterocycles. The van der Waals surface area contributed by atoms with Gasteiger partial charge in [0.1, 0.15) is 0 Å². The van der Waals surface area contributed by atoms with Gasteiger partial charge in [-0.05, 0) is 12.8 Å². The van der Waals surface area contributed by atoms with Crippen molar-refractivity contribution in [1.29, 1.82) is 0 Å². The molecule has 1 heterocycles. The largest absolute Gasteiger partial charge is 3.00 e. The quantitative estimate of drug-likeness (QED) is 0.382. The standard InChI is InChI=1S/C5H9NS2.C2H6S2.Sb/c7-5(8)6-3-1-2-4-6;3-1-2-4;/h1-4H2,(H,7,8);3-4H,1-2H2;/q;;+3/p-3. The van der Waals surface area contributed by atoms with E-state index >= 15 is 0 Å². The Morgan fingerprint density at radius 3 is 1.69 bits per heavy atom. The summed E-state index contributed by atoms with van der Waals surface area (Å²) in [5.74, 6) is 1.44. The molecule has 0 atom stereocenters. The van der Waals surface area contributed by atoms with Crippen molar-refractivity contribution in [3.05, 3.63) is 0 Å². The molecule has 0 aromatic heterocycles. The van der Waals surface area contributed by atoms with E-state index in [0.717, 1.165) is 24.6 Å². The van der Waals surface area contributed by atoms with Gasteiger partial charge in [-0.3, -0.25) is 0 Å². The van der Waals surface area contributed by atoms with Gasteiger partial charge < -0.3 is 55.0 Å². The van der Waals surface area contributed by atoms with Crippen molar-refractivity contribution < 1.29 is 0 Å². The summed E-state index contributed by atoms with van der Waals surface area (Å²) in [5, 5.41) is 0. The predicted octanol–water partition coefficient (Wildman–Crippen LogP) is 0.613. The second kappa shape index (κ2) is 11.7. The SMILES string of the molecule is S=C([S-])N1CCCC1.[S-]CC[S-].[Sb+3]. The average molecular weight is 360 g/mol. The van der Waals surface area contributed by atoms with Crippen LogP contribution in [0.15, 0.2) is 0 Å². The molecule has 0 amide bonds. The fourth-order valence-electron chi connectivity index (χ4n) is 0.900. The van der Waals surface area contributed by atoms with Gasteiger partial charge in [0.25, 0.3) is 0 Å². The predicted molar refractivity (Wildman–Crippen MR) is 71.0 cm³/mol. The molecule has 0 bridgehead atoms. The number of hydrogen-bond acceptors (Lipinski definition) is 4. The third-order valence-corrected chi connectivity index (χ3v) is 2.63. The molecule has 0 saturated carbocycles. The molecule has 0 aromatic carbocycles. The van der Waals surface area contributed by atoms with Crippen LogP contribution in [0.4, 0.5) is 0 Å². The number of nitrogens with zero attached hydrogens (tertiary/aromatic N) is 1. The zero-order valence-electron chi connectivity index (χ0n) is 7.27. The summed E-state index contributed by atoms with van der Waals surface area (Å²) in [6, 6.07) is 0. The molecule has 0 spiro atoms. The molecule has 2 radical (unpaired) electrons. The molecule has 0 N–H and O–H groups in total. The van der Waals surface area contributed by atoms with E-state index in [9.17, 15) is 0 Å². The van der Waals surface area contributed by atoms with Crippen LogP contribution in [0.1, 0.15) is 12.8 Å². The van der Waals surface area contributed by atoms with E-state index in [2.05, 4.69) is 30.2 Å². The van der Waals surface area contributed by atoms with Crippen molar-refractivity contribution in [3.63, 3.8) is 0 Å². The second-order valence-corrected chi connectivity index (χ2v) is 4.22. The first-order chi connectivity index (χ1) is 5.72. The Kier molecular flexibility index (Phi) is 15.3. The van der Waals surface area contributed by atoms with Gasteiger partial charge in [0.2, 0.25) is 0 Å². The molecule has 1 aliphatic rings. The van der Waals surface area contributed by atoms with E-state index in [-0.39, 0.29) is 24.4 Å². The topological polar surface area (TPSA) is 3.24 Å². The number of thiocarbonyl (C=S) groups is 1. The minimum Gasteiger partial charge on any atom is -0.794 e. The first-order valence-corrected chi connectivity index (χ1v) is 5.81. The van der Waals surface area contributed by atoms with Crippen molar-refractivity contribution in [3.8, 4) is 0 Å². The summed E-state index contributed by atoms with van der Waals surface area (Å²) < 4.78 is 0.641. The maximum absolute atomic E-state index is 4.80. The van der Waals surface area contributed by atoms with Gasteiger partial charge >= 0.3 is 24.4 Å². The van der Waals surface area contributed by atoms with Crippen molar-refractivity contribution in [1.82, 2.24) is 4.90 Å². The molecule has 74 valence electrons. The van der Waals surface area contributed by atoms with Crippen molar-refractivity contribution in [2.45, 2.75) is 12.8 Å². The Labute approximate surface area is 120 Å². The molecule has 0 aromatic rings. The molecule has 1 nitrogen and oxygen atoms in total. The van der Waals surface area contributed by atoms with E-state index in [1.165, 1.54) is 12.8 Å². The molecule has 1 aliphatic heterocycles. The van der Waals surface area contributed by atoms with E-state index in [0.29, 0.717) is 4.32 Å². The van der Waals surface area contributed by atoms with E-state index in [1.54, 1.807) is 0 Å². The van der Waals surface area contributed by atoms with Gasteiger partial charge in [-0.25, -0.2) is 0 Å². The van der Waals surface area contributed by atoms with Crippen molar-refractivity contribution >= 4 is 78.9 Å². The van der Waals surface area contributed by atoms with E-state index in [4.69, 9.17) is 24.8 Å². The number of likely N-dealkylation sites (tertiary alicyclic amines) is 1. The van der Waals surface area contributed by atoms with Gasteiger partial charge in [-0.15, -0.1) is 0 Å². The van der Waals surface area contributed by atoms with Crippen LogP contribution in [-0.2, 0) is 37.9 Å². The normalized spacial score (nSPS) is 14.2. The number of hydrogen-bond donors (Lipinski definition) is 0. The van der Waals surface area contributed by atoms with Crippen LogP contribution in [0, 0.1) is 0 Å². The van der Waals surface area contributed by atoms with Crippen LogP contribution in [0.3, 0.4) is 0 Å². The maximum Gasteiger partial charge on any atom is 3.00 e. The minimum atomic E-state index is 0. The monoisotopic (exact) mass is 359 g/mol. The summed E-state index contributed by atoms with van der Waals surface area (Å²) in [6.07, 6.45) is 2.52. The van der Waals surface area contributed by atoms with Gasteiger partial charge in [-0.1, -0.05) is 4.32 Å². The third-order valence-electron chi connectivity index (χ3n) is 1.45. The van der Waals surface area contributed by atoms with Gasteiger partial charge in [0.15, 0.2) is 0 Å². The van der Waals surface area contributed by atoms with Crippen LogP contribution in [0.25, 0.3) is 0 Å². The fourth-order valence-corrected chi connectivity index (χ4v) is 1.26. The minimum absolute atomic E-state index is 0. The summed E-state index contributed by atoms with van der Waals surface area (Å²) in [7, 11) is 0. The molecule has 6 heteroatoms. The molecule has 13 heavy (non-hydrogen) atoms. The van der Waals surface area contributed by atoms with Gasteiger partial charge in [0, 0.05) is 13.1 Å². The molecule has 1 rings (SSSR count). The Hall–Kier alpha value is 1.63. The van der Waals surface area contributed by atoms with Crippen molar-refractivity contribution in [2.24, 2.45) is 0 Å². The first-order valence-electron chi connectivity index (χ1n) is 3.84. The summed E-state index contributed by atoms with van der Waals surface area (Å²) in [4.78, 5) is 2.07. The van der Waals surface area contributed by atoms with Crippen LogP contribution >= 0.6 is 12.2 Å². The number of rotatable bonds is 1. The van der Waals surface area contributed by atoms with E-state index < -0.39 is 0 Å². The summed E-state index contributed by atoms with van der Waals surface area (Å²) >= 11 is 18.5. The van der Waals surface area contributed by atoms with Crippen molar-refractivity contribution in [2.75, 3.05) is 24.6 Å².